The predicted octanol–water partition coefficient (Wildman–Crippen LogP) is 3.95. The van der Waals surface area contributed by atoms with Crippen LogP contribution in [0.15, 0.2) is 33.5 Å². The maximum Gasteiger partial charge on any atom is 0.257 e. The van der Waals surface area contributed by atoms with Gasteiger partial charge in [0.1, 0.15) is 0 Å². The van der Waals surface area contributed by atoms with Crippen molar-refractivity contribution in [2.45, 2.75) is 19.8 Å². The van der Waals surface area contributed by atoms with Gasteiger partial charge in [-0.3, -0.25) is 14.6 Å². The summed E-state index contributed by atoms with van der Waals surface area (Å²) in [6.45, 7) is 2.26. The highest BCUT2D eigenvalue weighted by Gasteiger charge is 2.23. The predicted molar refractivity (Wildman–Crippen MR) is 116 cm³/mol. The summed E-state index contributed by atoms with van der Waals surface area (Å²) in [5.74, 6) is 0.343. The number of rotatable bonds is 10. The van der Waals surface area contributed by atoms with E-state index in [0.29, 0.717) is 26.8 Å². The summed E-state index contributed by atoms with van der Waals surface area (Å²) in [7, 11) is 2.94. The number of halogens is 2. The van der Waals surface area contributed by atoms with Gasteiger partial charge in [-0.05, 0) is 56.0 Å². The number of benzene rings is 1. The molecular weight excluding hydrogens is 508 g/mol. The molecule has 1 amide bonds. The number of Topliss-reactive ketones (excluding diaryl/α,β-unsaturated/α-hetero) is 1. The number of amides is 1. The molecule has 0 aliphatic rings. The van der Waals surface area contributed by atoms with Crippen LogP contribution in [0, 0.1) is 0 Å². The molecular formula is C20H22Br2N2O5. The summed E-state index contributed by atoms with van der Waals surface area (Å²) in [6.07, 6.45) is 4.15. The minimum atomic E-state index is -0.283. The number of hydrogen-bond acceptors (Lipinski definition) is 6. The standard InChI is InChI=1S/C20H22Br2N2O5/c1-4-7-24-18(26)11-29-19-12(5-6-17(27-2)20(19)28-3)16(25)8-13-14(21)9-23-10-15(13)22/h5-6,9-10H,4,7-8,11H2,1-3H3,(H,24,26). The van der Waals surface area contributed by atoms with Crippen LogP contribution >= 0.6 is 31.9 Å². The third-order valence-corrected chi connectivity index (χ3v) is 5.38. The number of nitrogens with one attached hydrogen (secondary N) is 1. The van der Waals surface area contributed by atoms with Gasteiger partial charge in [0, 0.05) is 34.3 Å². The summed E-state index contributed by atoms with van der Waals surface area (Å²) in [4.78, 5) is 29.1. The second-order valence-corrected chi connectivity index (χ2v) is 7.71. The Morgan fingerprint density at radius 2 is 1.76 bits per heavy atom. The smallest absolute Gasteiger partial charge is 0.257 e. The molecule has 0 fully saturated rings. The summed E-state index contributed by atoms with van der Waals surface area (Å²) in [5.41, 5.74) is 1.05. The number of methoxy groups -OCH3 is 2. The van der Waals surface area contributed by atoms with Crippen molar-refractivity contribution in [3.05, 3.63) is 44.6 Å². The van der Waals surface area contributed by atoms with Crippen LogP contribution in [-0.2, 0) is 11.2 Å². The van der Waals surface area contributed by atoms with Crippen LogP contribution in [-0.4, -0.2) is 44.0 Å². The highest BCUT2D eigenvalue weighted by atomic mass is 79.9. The van der Waals surface area contributed by atoms with Crippen molar-refractivity contribution in [3.8, 4) is 17.2 Å². The first-order valence-electron chi connectivity index (χ1n) is 8.88. The molecule has 1 aromatic carbocycles. The van der Waals surface area contributed by atoms with Gasteiger partial charge < -0.3 is 19.5 Å². The second kappa shape index (κ2) is 11.2. The molecule has 9 heteroatoms. The third kappa shape index (κ3) is 5.93. The molecule has 1 heterocycles. The van der Waals surface area contributed by atoms with E-state index in [4.69, 9.17) is 14.2 Å². The largest absolute Gasteiger partial charge is 0.493 e. The van der Waals surface area contributed by atoms with Crippen molar-refractivity contribution in [1.82, 2.24) is 10.3 Å². The minimum Gasteiger partial charge on any atom is -0.493 e. The van der Waals surface area contributed by atoms with Crippen LogP contribution in [0.5, 0.6) is 17.2 Å². The van der Waals surface area contributed by atoms with Crippen LogP contribution in [0.2, 0.25) is 0 Å². The van der Waals surface area contributed by atoms with Crippen LogP contribution in [0.4, 0.5) is 0 Å². The summed E-state index contributed by atoms with van der Waals surface area (Å²) in [6, 6.07) is 3.23. The fraction of sp³-hybridized carbons (Fsp3) is 0.350. The number of carbonyl (C=O) groups is 2. The molecule has 7 nitrogen and oxygen atoms in total. The van der Waals surface area contributed by atoms with Crippen LogP contribution in [0.25, 0.3) is 0 Å². The van der Waals surface area contributed by atoms with Gasteiger partial charge in [0.2, 0.25) is 5.75 Å². The molecule has 0 unspecified atom stereocenters. The van der Waals surface area contributed by atoms with E-state index in [1.165, 1.54) is 14.2 Å². The van der Waals surface area contributed by atoms with Gasteiger partial charge in [-0.2, -0.15) is 0 Å². The normalized spacial score (nSPS) is 10.4. The molecule has 2 aromatic rings. The summed E-state index contributed by atoms with van der Waals surface area (Å²) in [5, 5.41) is 2.73. The lowest BCUT2D eigenvalue weighted by Gasteiger charge is -2.17. The number of pyridine rings is 1. The Bertz CT molecular complexity index is 869. The molecule has 0 saturated heterocycles. The van der Waals surface area contributed by atoms with Crippen molar-refractivity contribution in [1.29, 1.82) is 0 Å². The fourth-order valence-corrected chi connectivity index (χ4v) is 3.79. The van der Waals surface area contributed by atoms with Crippen molar-refractivity contribution >= 4 is 43.6 Å². The van der Waals surface area contributed by atoms with Gasteiger partial charge in [-0.15, -0.1) is 0 Å². The third-order valence-electron chi connectivity index (χ3n) is 4.01. The van der Waals surface area contributed by atoms with E-state index in [1.54, 1.807) is 24.5 Å². The van der Waals surface area contributed by atoms with Crippen LogP contribution < -0.4 is 19.5 Å². The Balaban J connectivity index is 2.36. The minimum absolute atomic E-state index is 0.0948. The SMILES string of the molecule is CCCNC(=O)COc1c(C(=O)Cc2c(Br)cncc2Br)ccc(OC)c1OC. The van der Waals surface area contributed by atoms with Gasteiger partial charge in [-0.1, -0.05) is 6.92 Å². The topological polar surface area (TPSA) is 86.8 Å². The Morgan fingerprint density at radius 3 is 2.34 bits per heavy atom. The lowest BCUT2D eigenvalue weighted by molar-refractivity contribution is -0.123. The number of nitrogens with zero attached hydrogens (tertiary/aromatic N) is 1. The molecule has 29 heavy (non-hydrogen) atoms. The van der Waals surface area contributed by atoms with Crippen molar-refractivity contribution in [3.63, 3.8) is 0 Å². The molecule has 0 aliphatic carbocycles. The number of hydrogen-bond donors (Lipinski definition) is 1. The Hall–Kier alpha value is -2.13. The van der Waals surface area contributed by atoms with E-state index in [-0.39, 0.29) is 36.2 Å². The molecule has 1 N–H and O–H groups in total. The van der Waals surface area contributed by atoms with Crippen molar-refractivity contribution in [2.75, 3.05) is 27.4 Å². The fourth-order valence-electron chi connectivity index (χ4n) is 2.58. The first-order chi connectivity index (χ1) is 13.9. The summed E-state index contributed by atoms with van der Waals surface area (Å²) < 4.78 is 17.8. The van der Waals surface area contributed by atoms with Crippen molar-refractivity contribution in [2.24, 2.45) is 0 Å². The zero-order valence-corrected chi connectivity index (χ0v) is 19.6. The van der Waals surface area contributed by atoms with E-state index in [1.807, 2.05) is 6.92 Å². The van der Waals surface area contributed by atoms with E-state index < -0.39 is 0 Å². The molecule has 0 atom stereocenters. The number of carbonyl (C=O) groups excluding carboxylic acids is 2. The maximum atomic E-state index is 13.1. The maximum absolute atomic E-state index is 13.1. The first-order valence-corrected chi connectivity index (χ1v) is 10.5. The van der Waals surface area contributed by atoms with Gasteiger partial charge in [-0.25, -0.2) is 0 Å². The van der Waals surface area contributed by atoms with Crippen LogP contribution in [0.3, 0.4) is 0 Å². The average molecular weight is 530 g/mol. The molecule has 0 saturated carbocycles. The average Bonchev–Trinajstić information content (AvgIpc) is 2.72. The highest BCUT2D eigenvalue weighted by molar-refractivity contribution is 9.11. The second-order valence-electron chi connectivity index (χ2n) is 6.00. The zero-order chi connectivity index (χ0) is 21.4. The number of ketones is 1. The van der Waals surface area contributed by atoms with E-state index in [2.05, 4.69) is 42.2 Å². The van der Waals surface area contributed by atoms with E-state index >= 15 is 0 Å². The lowest BCUT2D eigenvalue weighted by Crippen LogP contribution is -2.29. The van der Waals surface area contributed by atoms with E-state index in [0.717, 1.165) is 12.0 Å². The molecule has 156 valence electrons. The summed E-state index contributed by atoms with van der Waals surface area (Å²) >= 11 is 6.84. The Labute approximate surface area is 186 Å². The van der Waals surface area contributed by atoms with Crippen LogP contribution in [0.1, 0.15) is 29.3 Å². The molecule has 0 radical (unpaired) electrons. The van der Waals surface area contributed by atoms with Gasteiger partial charge in [0.05, 0.1) is 19.8 Å². The number of aromatic nitrogens is 1. The van der Waals surface area contributed by atoms with Gasteiger partial charge in [0.15, 0.2) is 23.9 Å². The Morgan fingerprint density at radius 1 is 1.07 bits per heavy atom. The monoisotopic (exact) mass is 528 g/mol. The van der Waals surface area contributed by atoms with Gasteiger partial charge in [0.25, 0.3) is 5.91 Å². The zero-order valence-electron chi connectivity index (χ0n) is 16.4. The molecule has 1 aromatic heterocycles. The molecule has 0 aliphatic heterocycles. The number of ether oxygens (including phenoxy) is 3. The quantitative estimate of drug-likeness (QED) is 0.469. The highest BCUT2D eigenvalue weighted by Crippen LogP contribution is 2.40. The first kappa shape index (κ1) is 23.2. The Kier molecular flexibility index (Phi) is 8.91. The van der Waals surface area contributed by atoms with E-state index in [9.17, 15) is 9.59 Å². The van der Waals surface area contributed by atoms with Gasteiger partial charge >= 0.3 is 0 Å². The molecule has 0 bridgehead atoms. The van der Waals surface area contributed by atoms with Crippen molar-refractivity contribution < 1.29 is 23.8 Å². The molecule has 0 spiro atoms. The lowest BCUT2D eigenvalue weighted by atomic mass is 10.0. The molecule has 2 rings (SSSR count).